The predicted molar refractivity (Wildman–Crippen MR) is 61.4 cm³/mol. The highest BCUT2D eigenvalue weighted by Crippen LogP contribution is 2.04. The smallest absolute Gasteiger partial charge is 0.239 e. The lowest BCUT2D eigenvalue weighted by molar-refractivity contribution is -0.126. The summed E-state index contributed by atoms with van der Waals surface area (Å²) in [5, 5.41) is 5.70. The van der Waals surface area contributed by atoms with Crippen LogP contribution in [0.15, 0.2) is 24.3 Å². The Balaban J connectivity index is 2.52. The van der Waals surface area contributed by atoms with Gasteiger partial charge in [-0.05, 0) is 38.6 Å². The average Bonchev–Trinajstić information content (AvgIpc) is 2.28. The standard InChI is InChI=1S/C12H17FN2O/c1-12(2,14-3)11(16)15-8-9-4-6-10(13)7-5-9/h4-7,14H,8H2,1-3H3,(H,15,16). The van der Waals surface area contributed by atoms with Gasteiger partial charge in [-0.25, -0.2) is 4.39 Å². The summed E-state index contributed by atoms with van der Waals surface area (Å²) in [7, 11) is 1.73. The Morgan fingerprint density at radius 1 is 1.31 bits per heavy atom. The second-order valence-corrected chi connectivity index (χ2v) is 4.18. The van der Waals surface area contributed by atoms with Crippen LogP contribution in [0.2, 0.25) is 0 Å². The van der Waals surface area contributed by atoms with Gasteiger partial charge in [0.2, 0.25) is 5.91 Å². The van der Waals surface area contributed by atoms with Crippen LogP contribution in [0, 0.1) is 5.82 Å². The summed E-state index contributed by atoms with van der Waals surface area (Å²) in [5.74, 6) is -0.357. The molecule has 1 rings (SSSR count). The highest BCUT2D eigenvalue weighted by atomic mass is 19.1. The lowest BCUT2D eigenvalue weighted by Crippen LogP contribution is -2.50. The van der Waals surface area contributed by atoms with Crippen molar-refractivity contribution in [2.75, 3.05) is 7.05 Å². The zero-order chi connectivity index (χ0) is 12.2. The lowest BCUT2D eigenvalue weighted by atomic mass is 10.1. The van der Waals surface area contributed by atoms with E-state index in [-0.39, 0.29) is 11.7 Å². The van der Waals surface area contributed by atoms with Crippen LogP contribution in [0.5, 0.6) is 0 Å². The van der Waals surface area contributed by atoms with Gasteiger partial charge >= 0.3 is 0 Å². The molecule has 0 aliphatic rings. The van der Waals surface area contributed by atoms with Crippen molar-refractivity contribution in [3.8, 4) is 0 Å². The van der Waals surface area contributed by atoms with E-state index in [0.717, 1.165) is 5.56 Å². The van der Waals surface area contributed by atoms with Crippen molar-refractivity contribution in [3.05, 3.63) is 35.6 Å². The van der Waals surface area contributed by atoms with Gasteiger partial charge in [-0.1, -0.05) is 12.1 Å². The molecule has 4 heteroatoms. The highest BCUT2D eigenvalue weighted by Gasteiger charge is 2.24. The minimum absolute atomic E-state index is 0.0840. The van der Waals surface area contributed by atoms with E-state index >= 15 is 0 Å². The second-order valence-electron chi connectivity index (χ2n) is 4.18. The molecule has 0 aliphatic heterocycles. The zero-order valence-electron chi connectivity index (χ0n) is 9.80. The number of rotatable bonds is 4. The summed E-state index contributed by atoms with van der Waals surface area (Å²) in [5.41, 5.74) is 0.279. The van der Waals surface area contributed by atoms with E-state index in [4.69, 9.17) is 0 Å². The van der Waals surface area contributed by atoms with Crippen LogP contribution in [0.25, 0.3) is 0 Å². The molecule has 0 spiro atoms. The van der Waals surface area contributed by atoms with Gasteiger partial charge in [0.25, 0.3) is 0 Å². The number of carbonyl (C=O) groups is 1. The molecule has 0 heterocycles. The van der Waals surface area contributed by atoms with Gasteiger partial charge in [0.15, 0.2) is 0 Å². The van der Waals surface area contributed by atoms with Crippen molar-refractivity contribution in [3.63, 3.8) is 0 Å². The summed E-state index contributed by atoms with van der Waals surface area (Å²) in [6.45, 7) is 4.00. The topological polar surface area (TPSA) is 41.1 Å². The van der Waals surface area contributed by atoms with Gasteiger partial charge in [0, 0.05) is 6.54 Å². The first-order valence-electron chi connectivity index (χ1n) is 5.17. The molecule has 0 unspecified atom stereocenters. The fourth-order valence-corrected chi connectivity index (χ4v) is 1.12. The molecular formula is C12H17FN2O. The van der Waals surface area contributed by atoms with Crippen molar-refractivity contribution in [1.29, 1.82) is 0 Å². The van der Waals surface area contributed by atoms with E-state index in [1.165, 1.54) is 12.1 Å². The molecular weight excluding hydrogens is 207 g/mol. The van der Waals surface area contributed by atoms with Crippen LogP contribution < -0.4 is 10.6 Å². The molecule has 0 atom stereocenters. The maximum absolute atomic E-state index is 12.6. The van der Waals surface area contributed by atoms with Gasteiger partial charge in [-0.2, -0.15) is 0 Å². The summed E-state index contributed by atoms with van der Waals surface area (Å²) in [6, 6.07) is 6.07. The fraction of sp³-hybridized carbons (Fsp3) is 0.417. The molecule has 0 saturated carbocycles. The van der Waals surface area contributed by atoms with Crippen molar-refractivity contribution >= 4 is 5.91 Å². The first kappa shape index (κ1) is 12.6. The van der Waals surface area contributed by atoms with Gasteiger partial charge in [-0.3, -0.25) is 4.79 Å². The molecule has 1 aromatic rings. The van der Waals surface area contributed by atoms with Crippen LogP contribution in [0.4, 0.5) is 4.39 Å². The van der Waals surface area contributed by atoms with Crippen molar-refractivity contribution in [2.45, 2.75) is 25.9 Å². The number of nitrogens with one attached hydrogen (secondary N) is 2. The van der Waals surface area contributed by atoms with Crippen molar-refractivity contribution in [2.24, 2.45) is 0 Å². The fourth-order valence-electron chi connectivity index (χ4n) is 1.12. The molecule has 0 aliphatic carbocycles. The Kier molecular flexibility index (Phi) is 4.01. The third kappa shape index (κ3) is 3.31. The Morgan fingerprint density at radius 2 is 1.88 bits per heavy atom. The average molecular weight is 224 g/mol. The molecule has 88 valence electrons. The SMILES string of the molecule is CNC(C)(C)C(=O)NCc1ccc(F)cc1. The van der Waals surface area contributed by atoms with Gasteiger partial charge < -0.3 is 10.6 Å². The molecule has 0 saturated heterocycles. The maximum atomic E-state index is 12.6. The highest BCUT2D eigenvalue weighted by molar-refractivity contribution is 5.85. The van der Waals surface area contributed by atoms with Crippen LogP contribution >= 0.6 is 0 Å². The molecule has 0 radical (unpaired) electrons. The van der Waals surface area contributed by atoms with E-state index < -0.39 is 5.54 Å². The predicted octanol–water partition coefficient (Wildman–Crippen LogP) is 1.44. The first-order valence-corrected chi connectivity index (χ1v) is 5.17. The summed E-state index contributed by atoms with van der Waals surface area (Å²) >= 11 is 0. The van der Waals surface area contributed by atoms with Crippen LogP contribution in [-0.2, 0) is 11.3 Å². The molecule has 0 bridgehead atoms. The molecule has 16 heavy (non-hydrogen) atoms. The Labute approximate surface area is 95.0 Å². The minimum atomic E-state index is -0.597. The van der Waals surface area contributed by atoms with E-state index in [2.05, 4.69) is 10.6 Å². The van der Waals surface area contributed by atoms with Crippen LogP contribution in [0.1, 0.15) is 19.4 Å². The summed E-state index contributed by atoms with van der Waals surface area (Å²) in [6.07, 6.45) is 0. The first-order chi connectivity index (χ1) is 7.45. The van der Waals surface area contributed by atoms with Gasteiger partial charge in [0.1, 0.15) is 5.82 Å². The third-order valence-electron chi connectivity index (χ3n) is 2.56. The van der Waals surface area contributed by atoms with Crippen molar-refractivity contribution < 1.29 is 9.18 Å². The lowest BCUT2D eigenvalue weighted by Gasteiger charge is -2.22. The molecule has 1 aromatic carbocycles. The van der Waals surface area contributed by atoms with Gasteiger partial charge in [-0.15, -0.1) is 0 Å². The Bertz CT molecular complexity index is 360. The van der Waals surface area contributed by atoms with Gasteiger partial charge in [0.05, 0.1) is 5.54 Å². The Morgan fingerprint density at radius 3 is 2.38 bits per heavy atom. The van der Waals surface area contributed by atoms with Crippen molar-refractivity contribution in [1.82, 2.24) is 10.6 Å². The quantitative estimate of drug-likeness (QED) is 0.812. The maximum Gasteiger partial charge on any atom is 0.239 e. The monoisotopic (exact) mass is 224 g/mol. The zero-order valence-corrected chi connectivity index (χ0v) is 9.80. The van der Waals surface area contributed by atoms with E-state index in [1.807, 2.05) is 0 Å². The summed E-state index contributed by atoms with van der Waals surface area (Å²) in [4.78, 5) is 11.7. The van der Waals surface area contributed by atoms with E-state index in [9.17, 15) is 9.18 Å². The van der Waals surface area contributed by atoms with Crippen LogP contribution in [-0.4, -0.2) is 18.5 Å². The molecule has 0 fully saturated rings. The molecule has 1 amide bonds. The minimum Gasteiger partial charge on any atom is -0.350 e. The normalized spacial score (nSPS) is 11.2. The largest absolute Gasteiger partial charge is 0.350 e. The number of hydrogen-bond donors (Lipinski definition) is 2. The van der Waals surface area contributed by atoms with Crippen LogP contribution in [0.3, 0.4) is 0 Å². The van der Waals surface area contributed by atoms with E-state index in [1.54, 1.807) is 33.0 Å². The number of halogens is 1. The molecule has 3 nitrogen and oxygen atoms in total. The number of hydrogen-bond acceptors (Lipinski definition) is 2. The second kappa shape index (κ2) is 5.07. The molecule has 0 aromatic heterocycles. The molecule has 2 N–H and O–H groups in total. The summed E-state index contributed by atoms with van der Waals surface area (Å²) < 4.78 is 12.6. The number of carbonyl (C=O) groups excluding carboxylic acids is 1. The Hall–Kier alpha value is -1.42. The number of amides is 1. The van der Waals surface area contributed by atoms with E-state index in [0.29, 0.717) is 6.54 Å². The third-order valence-corrected chi connectivity index (χ3v) is 2.56. The number of likely N-dealkylation sites (N-methyl/N-ethyl adjacent to an activating group) is 1. The number of benzene rings is 1.